The molecular formula is C14H21FN4O2. The lowest BCUT2D eigenvalue weighted by atomic mass is 10.2. The Morgan fingerprint density at radius 1 is 1.24 bits per heavy atom. The molecule has 1 rings (SSSR count). The van der Waals surface area contributed by atoms with Gasteiger partial charge in [-0.25, -0.2) is 4.39 Å². The number of carbonyl (C=O) groups is 2. The molecule has 0 aromatic heterocycles. The predicted molar refractivity (Wildman–Crippen MR) is 80.2 cm³/mol. The van der Waals surface area contributed by atoms with E-state index in [0.29, 0.717) is 25.2 Å². The van der Waals surface area contributed by atoms with Crippen molar-refractivity contribution in [2.24, 2.45) is 0 Å². The topological polar surface area (TPSA) is 87.5 Å². The number of nitrogens with one attached hydrogen (secondary N) is 2. The van der Waals surface area contributed by atoms with E-state index in [1.54, 1.807) is 7.05 Å². The van der Waals surface area contributed by atoms with E-state index in [0.717, 1.165) is 6.07 Å². The Morgan fingerprint density at radius 3 is 2.43 bits per heavy atom. The number of halogens is 1. The fraction of sp³-hybridized carbons (Fsp3) is 0.429. The smallest absolute Gasteiger partial charge is 0.225 e. The molecule has 0 saturated carbocycles. The zero-order valence-electron chi connectivity index (χ0n) is 12.3. The molecule has 1 aromatic rings. The van der Waals surface area contributed by atoms with Crippen molar-refractivity contribution in [1.82, 2.24) is 10.2 Å². The van der Waals surface area contributed by atoms with Gasteiger partial charge in [-0.3, -0.25) is 9.59 Å². The summed E-state index contributed by atoms with van der Waals surface area (Å²) in [5.74, 6) is -0.690. The summed E-state index contributed by atoms with van der Waals surface area (Å²) in [6, 6.07) is 3.82. The first-order chi connectivity index (χ1) is 9.92. The Hall–Kier alpha value is -2.15. The Bertz CT molecular complexity index is 508. The summed E-state index contributed by atoms with van der Waals surface area (Å²) >= 11 is 0. The van der Waals surface area contributed by atoms with Gasteiger partial charge in [0, 0.05) is 33.0 Å². The third kappa shape index (κ3) is 6.22. The van der Waals surface area contributed by atoms with Gasteiger partial charge >= 0.3 is 0 Å². The van der Waals surface area contributed by atoms with Crippen molar-refractivity contribution in [2.75, 3.05) is 38.2 Å². The van der Waals surface area contributed by atoms with Gasteiger partial charge in [0.15, 0.2) is 0 Å². The second-order valence-electron chi connectivity index (χ2n) is 4.76. The zero-order valence-corrected chi connectivity index (χ0v) is 12.3. The molecule has 4 N–H and O–H groups in total. The predicted octanol–water partition coefficient (Wildman–Crippen LogP) is 0.804. The first-order valence-corrected chi connectivity index (χ1v) is 6.66. The van der Waals surface area contributed by atoms with Gasteiger partial charge in [0.1, 0.15) is 5.82 Å². The lowest BCUT2D eigenvalue weighted by Crippen LogP contribution is -2.29. The number of benzene rings is 1. The van der Waals surface area contributed by atoms with Crippen molar-refractivity contribution in [3.05, 3.63) is 24.0 Å². The summed E-state index contributed by atoms with van der Waals surface area (Å²) in [6.07, 6.45) is 0.653. The van der Waals surface area contributed by atoms with Crippen LogP contribution in [0.25, 0.3) is 0 Å². The molecule has 2 amide bonds. The lowest BCUT2D eigenvalue weighted by Gasteiger charge is -2.16. The van der Waals surface area contributed by atoms with Crippen LogP contribution in [0, 0.1) is 5.82 Å². The van der Waals surface area contributed by atoms with Gasteiger partial charge in [0.25, 0.3) is 0 Å². The number of anilines is 2. The number of nitrogens with two attached hydrogens (primary N) is 1. The molecule has 0 aliphatic rings. The number of nitrogen functional groups attached to an aromatic ring is 1. The van der Waals surface area contributed by atoms with Crippen molar-refractivity contribution in [3.63, 3.8) is 0 Å². The van der Waals surface area contributed by atoms with E-state index in [-0.39, 0.29) is 23.9 Å². The molecular weight excluding hydrogens is 275 g/mol. The fourth-order valence-electron chi connectivity index (χ4n) is 1.68. The number of amides is 2. The highest BCUT2D eigenvalue weighted by atomic mass is 19.1. The van der Waals surface area contributed by atoms with E-state index >= 15 is 0 Å². The molecule has 0 spiro atoms. The summed E-state index contributed by atoms with van der Waals surface area (Å²) < 4.78 is 12.9. The van der Waals surface area contributed by atoms with Crippen molar-refractivity contribution in [1.29, 1.82) is 0 Å². The number of carbonyl (C=O) groups excluding carboxylic acids is 2. The maximum absolute atomic E-state index is 12.9. The summed E-state index contributed by atoms with van der Waals surface area (Å²) in [5.41, 5.74) is 6.20. The normalized spacial score (nSPS) is 10.5. The molecule has 0 saturated heterocycles. The largest absolute Gasteiger partial charge is 0.397 e. The third-order valence-corrected chi connectivity index (χ3v) is 3.01. The summed E-state index contributed by atoms with van der Waals surface area (Å²) in [5, 5.41) is 5.17. The van der Waals surface area contributed by atoms with Crippen molar-refractivity contribution in [2.45, 2.75) is 12.8 Å². The van der Waals surface area contributed by atoms with E-state index in [4.69, 9.17) is 5.73 Å². The molecule has 0 aliphatic carbocycles. The molecule has 7 heteroatoms. The molecule has 0 radical (unpaired) electrons. The minimum atomic E-state index is -0.445. The van der Waals surface area contributed by atoms with Crippen molar-refractivity contribution >= 4 is 23.2 Å². The van der Waals surface area contributed by atoms with Crippen molar-refractivity contribution < 1.29 is 14.0 Å². The van der Waals surface area contributed by atoms with Crippen LogP contribution in [0.3, 0.4) is 0 Å². The Balaban J connectivity index is 2.35. The van der Waals surface area contributed by atoms with E-state index in [1.165, 1.54) is 12.1 Å². The van der Waals surface area contributed by atoms with Gasteiger partial charge < -0.3 is 21.3 Å². The quantitative estimate of drug-likeness (QED) is 0.650. The van der Waals surface area contributed by atoms with Crippen LogP contribution in [0.15, 0.2) is 18.2 Å². The van der Waals surface area contributed by atoms with Gasteiger partial charge in [-0.1, -0.05) is 0 Å². The first kappa shape index (κ1) is 16.9. The van der Waals surface area contributed by atoms with Gasteiger partial charge in [-0.05, 0) is 25.2 Å². The highest BCUT2D eigenvalue weighted by molar-refractivity contribution is 5.93. The maximum Gasteiger partial charge on any atom is 0.225 e. The SMILES string of the molecule is CNC(=O)CCN(C)CCC(=O)Nc1ccc(F)cc1N. The fourth-order valence-corrected chi connectivity index (χ4v) is 1.68. The summed E-state index contributed by atoms with van der Waals surface area (Å²) in [4.78, 5) is 24.8. The molecule has 0 heterocycles. The Kier molecular flexibility index (Phi) is 6.61. The van der Waals surface area contributed by atoms with Gasteiger partial charge in [0.2, 0.25) is 11.8 Å². The highest BCUT2D eigenvalue weighted by Gasteiger charge is 2.08. The molecule has 0 atom stereocenters. The van der Waals surface area contributed by atoms with E-state index in [9.17, 15) is 14.0 Å². The molecule has 0 unspecified atom stereocenters. The van der Waals surface area contributed by atoms with Gasteiger partial charge in [-0.2, -0.15) is 0 Å². The Labute approximate surface area is 123 Å². The second-order valence-corrected chi connectivity index (χ2v) is 4.76. The van der Waals surface area contributed by atoms with E-state index < -0.39 is 5.82 Å². The zero-order chi connectivity index (χ0) is 15.8. The molecule has 0 fully saturated rings. The number of rotatable bonds is 7. The molecule has 1 aromatic carbocycles. The number of hydrogen-bond acceptors (Lipinski definition) is 4. The van der Waals surface area contributed by atoms with Crippen LogP contribution in [-0.4, -0.2) is 43.9 Å². The first-order valence-electron chi connectivity index (χ1n) is 6.66. The summed E-state index contributed by atoms with van der Waals surface area (Å²) in [6.45, 7) is 1.09. The molecule has 0 aliphatic heterocycles. The standard InChI is InChI=1S/C14H21FN4O2/c1-17-13(20)5-7-19(2)8-6-14(21)18-12-4-3-10(15)9-11(12)16/h3-4,9H,5-8,16H2,1-2H3,(H,17,20)(H,18,21). The van der Waals surface area contributed by atoms with E-state index in [1.807, 2.05) is 11.9 Å². The second kappa shape index (κ2) is 8.21. The van der Waals surface area contributed by atoms with E-state index in [2.05, 4.69) is 10.6 Å². The van der Waals surface area contributed by atoms with Crippen LogP contribution >= 0.6 is 0 Å². The van der Waals surface area contributed by atoms with Gasteiger partial charge in [-0.15, -0.1) is 0 Å². The third-order valence-electron chi connectivity index (χ3n) is 3.01. The molecule has 0 bridgehead atoms. The van der Waals surface area contributed by atoms with Crippen LogP contribution in [-0.2, 0) is 9.59 Å². The van der Waals surface area contributed by atoms with Gasteiger partial charge in [0.05, 0.1) is 11.4 Å². The molecule has 21 heavy (non-hydrogen) atoms. The van der Waals surface area contributed by atoms with Crippen LogP contribution in [0.1, 0.15) is 12.8 Å². The average molecular weight is 296 g/mol. The number of hydrogen-bond donors (Lipinski definition) is 3. The average Bonchev–Trinajstić information content (AvgIpc) is 2.45. The van der Waals surface area contributed by atoms with Crippen LogP contribution in [0.2, 0.25) is 0 Å². The van der Waals surface area contributed by atoms with Crippen LogP contribution < -0.4 is 16.4 Å². The molecule has 6 nitrogen and oxygen atoms in total. The van der Waals surface area contributed by atoms with Crippen molar-refractivity contribution in [3.8, 4) is 0 Å². The minimum absolute atomic E-state index is 0.0367. The Morgan fingerprint density at radius 2 is 1.86 bits per heavy atom. The maximum atomic E-state index is 12.9. The van der Waals surface area contributed by atoms with Crippen LogP contribution in [0.4, 0.5) is 15.8 Å². The summed E-state index contributed by atoms with van der Waals surface area (Å²) in [7, 11) is 3.42. The highest BCUT2D eigenvalue weighted by Crippen LogP contribution is 2.19. The monoisotopic (exact) mass is 296 g/mol. The van der Waals surface area contributed by atoms with Crippen LogP contribution in [0.5, 0.6) is 0 Å². The lowest BCUT2D eigenvalue weighted by molar-refractivity contribution is -0.120. The molecule has 116 valence electrons. The minimum Gasteiger partial charge on any atom is -0.397 e. The number of nitrogens with zero attached hydrogens (tertiary/aromatic N) is 1.